The number of carbonyl (C=O) groups is 1. The van der Waals surface area contributed by atoms with Gasteiger partial charge in [-0.05, 0) is 53.0 Å². The Morgan fingerprint density at radius 3 is 2.62 bits per heavy atom. The standard InChI is InChI=1S/C23H23BrClN3O/c24-19-11-5-7-13-21(19)27-23(29)28(18-9-2-1-3-10-18)15-17-14-16-8-4-6-12-20(16)26-22(17)25/h4-8,11-14,18H,1-3,9-10,15H2,(H,27,29). The summed E-state index contributed by atoms with van der Waals surface area (Å²) in [7, 11) is 0. The summed E-state index contributed by atoms with van der Waals surface area (Å²) in [6, 6.07) is 17.7. The molecule has 0 spiro atoms. The minimum Gasteiger partial charge on any atom is -0.317 e. The van der Waals surface area contributed by atoms with Gasteiger partial charge < -0.3 is 10.2 Å². The SMILES string of the molecule is O=C(Nc1ccccc1Br)N(Cc1cc2ccccc2nc1Cl)C1CCCCC1. The molecule has 1 N–H and O–H groups in total. The van der Waals surface area contributed by atoms with Crippen molar-refractivity contribution < 1.29 is 4.79 Å². The highest BCUT2D eigenvalue weighted by molar-refractivity contribution is 9.10. The minimum atomic E-state index is -0.104. The number of hydrogen-bond donors (Lipinski definition) is 1. The van der Waals surface area contributed by atoms with Crippen LogP contribution in [0.2, 0.25) is 5.15 Å². The fourth-order valence-electron chi connectivity index (χ4n) is 3.94. The number of halogens is 2. The third-order valence-electron chi connectivity index (χ3n) is 5.48. The van der Waals surface area contributed by atoms with Crippen LogP contribution in [-0.4, -0.2) is 22.0 Å². The van der Waals surface area contributed by atoms with Crippen molar-refractivity contribution in [3.63, 3.8) is 0 Å². The van der Waals surface area contributed by atoms with E-state index in [1.807, 2.05) is 59.5 Å². The summed E-state index contributed by atoms with van der Waals surface area (Å²) in [4.78, 5) is 19.7. The Kier molecular flexibility index (Phi) is 6.36. The molecule has 0 bridgehead atoms. The first kappa shape index (κ1) is 20.2. The number of carbonyl (C=O) groups excluding carboxylic acids is 1. The summed E-state index contributed by atoms with van der Waals surface area (Å²) in [5.74, 6) is 0. The summed E-state index contributed by atoms with van der Waals surface area (Å²) in [6.07, 6.45) is 5.55. The van der Waals surface area contributed by atoms with Gasteiger partial charge in [0.05, 0.1) is 17.7 Å². The van der Waals surface area contributed by atoms with Gasteiger partial charge in [0.1, 0.15) is 5.15 Å². The van der Waals surface area contributed by atoms with E-state index < -0.39 is 0 Å². The van der Waals surface area contributed by atoms with Gasteiger partial charge in [-0.15, -0.1) is 0 Å². The molecule has 1 aliphatic rings. The quantitative estimate of drug-likeness (QED) is 0.415. The van der Waals surface area contributed by atoms with Crippen LogP contribution in [0.4, 0.5) is 10.5 Å². The van der Waals surface area contributed by atoms with Crippen molar-refractivity contribution in [2.24, 2.45) is 0 Å². The molecule has 3 aromatic rings. The van der Waals surface area contributed by atoms with Gasteiger partial charge in [0.2, 0.25) is 0 Å². The maximum absolute atomic E-state index is 13.3. The maximum atomic E-state index is 13.3. The first-order chi connectivity index (χ1) is 14.1. The summed E-state index contributed by atoms with van der Waals surface area (Å²) < 4.78 is 0.863. The van der Waals surface area contributed by atoms with Crippen molar-refractivity contribution in [1.82, 2.24) is 9.88 Å². The molecule has 0 radical (unpaired) electrons. The van der Waals surface area contributed by atoms with Crippen molar-refractivity contribution in [2.75, 3.05) is 5.32 Å². The number of nitrogens with zero attached hydrogens (tertiary/aromatic N) is 2. The van der Waals surface area contributed by atoms with Crippen LogP contribution < -0.4 is 5.32 Å². The Labute approximate surface area is 184 Å². The van der Waals surface area contributed by atoms with Gasteiger partial charge in [-0.3, -0.25) is 0 Å². The van der Waals surface area contributed by atoms with Gasteiger partial charge in [-0.25, -0.2) is 9.78 Å². The number of nitrogens with one attached hydrogen (secondary N) is 1. The van der Waals surface area contributed by atoms with Gasteiger partial charge in [-0.2, -0.15) is 0 Å². The average molecular weight is 473 g/mol. The molecule has 2 amide bonds. The summed E-state index contributed by atoms with van der Waals surface area (Å²) in [5.41, 5.74) is 2.50. The first-order valence-corrected chi connectivity index (χ1v) is 11.2. The molecule has 0 atom stereocenters. The third kappa shape index (κ3) is 4.73. The van der Waals surface area contributed by atoms with E-state index in [0.29, 0.717) is 11.7 Å². The van der Waals surface area contributed by atoms with E-state index in [1.165, 1.54) is 6.42 Å². The molecule has 0 saturated heterocycles. The molecule has 1 heterocycles. The van der Waals surface area contributed by atoms with E-state index in [1.54, 1.807) is 0 Å². The fraction of sp³-hybridized carbons (Fsp3) is 0.304. The first-order valence-electron chi connectivity index (χ1n) is 9.98. The molecule has 4 rings (SSSR count). The van der Waals surface area contributed by atoms with Crippen LogP contribution in [-0.2, 0) is 6.54 Å². The minimum absolute atomic E-state index is 0.104. The number of amides is 2. The normalized spacial score (nSPS) is 14.7. The monoisotopic (exact) mass is 471 g/mol. The number of urea groups is 1. The van der Waals surface area contributed by atoms with Crippen molar-refractivity contribution >= 4 is 50.2 Å². The molecule has 1 fully saturated rings. The molecular formula is C23H23BrClN3O. The lowest BCUT2D eigenvalue weighted by atomic mass is 9.94. The van der Waals surface area contributed by atoms with Crippen molar-refractivity contribution in [3.05, 3.63) is 69.8 Å². The largest absolute Gasteiger partial charge is 0.322 e. The van der Waals surface area contributed by atoms with Crippen LogP contribution in [0.15, 0.2) is 59.1 Å². The zero-order valence-electron chi connectivity index (χ0n) is 16.1. The van der Waals surface area contributed by atoms with E-state index in [2.05, 4.69) is 26.2 Å². The Morgan fingerprint density at radius 2 is 1.83 bits per heavy atom. The number of hydrogen-bond acceptors (Lipinski definition) is 2. The highest BCUT2D eigenvalue weighted by atomic mass is 79.9. The van der Waals surface area contributed by atoms with Gasteiger partial charge in [0.15, 0.2) is 0 Å². The summed E-state index contributed by atoms with van der Waals surface area (Å²) in [5, 5.41) is 4.55. The lowest BCUT2D eigenvalue weighted by Gasteiger charge is -2.34. The highest BCUT2D eigenvalue weighted by Gasteiger charge is 2.27. The molecule has 4 nitrogen and oxygen atoms in total. The molecule has 29 heavy (non-hydrogen) atoms. The topological polar surface area (TPSA) is 45.2 Å². The smallest absolute Gasteiger partial charge is 0.317 e. The number of benzene rings is 2. The van der Waals surface area contributed by atoms with Crippen LogP contribution in [0.25, 0.3) is 10.9 Å². The predicted octanol–water partition coefficient (Wildman–Crippen LogP) is 7.02. The molecule has 2 aromatic carbocycles. The van der Waals surface area contributed by atoms with Crippen LogP contribution in [0, 0.1) is 0 Å². The Morgan fingerprint density at radius 1 is 1.10 bits per heavy atom. The van der Waals surface area contributed by atoms with Crippen LogP contribution in [0.3, 0.4) is 0 Å². The lowest BCUT2D eigenvalue weighted by Crippen LogP contribution is -2.43. The highest BCUT2D eigenvalue weighted by Crippen LogP contribution is 2.29. The van der Waals surface area contributed by atoms with E-state index in [0.717, 1.165) is 52.3 Å². The summed E-state index contributed by atoms with van der Waals surface area (Å²) >= 11 is 10.0. The maximum Gasteiger partial charge on any atom is 0.322 e. The molecule has 0 unspecified atom stereocenters. The van der Waals surface area contributed by atoms with Crippen LogP contribution in [0.1, 0.15) is 37.7 Å². The molecule has 0 aliphatic heterocycles. The molecular weight excluding hydrogens is 450 g/mol. The van der Waals surface area contributed by atoms with Crippen LogP contribution in [0.5, 0.6) is 0 Å². The lowest BCUT2D eigenvalue weighted by molar-refractivity contribution is 0.163. The van der Waals surface area contributed by atoms with E-state index in [9.17, 15) is 4.79 Å². The number of rotatable bonds is 4. The van der Waals surface area contributed by atoms with E-state index in [4.69, 9.17) is 11.6 Å². The zero-order valence-corrected chi connectivity index (χ0v) is 18.4. The van der Waals surface area contributed by atoms with Gasteiger partial charge >= 0.3 is 6.03 Å². The Bertz CT molecular complexity index is 1020. The second kappa shape index (κ2) is 9.14. The Balaban J connectivity index is 1.63. The fourth-order valence-corrected chi connectivity index (χ4v) is 4.53. The summed E-state index contributed by atoms with van der Waals surface area (Å²) in [6.45, 7) is 0.442. The van der Waals surface area contributed by atoms with Gasteiger partial charge in [0, 0.05) is 21.5 Å². The predicted molar refractivity (Wildman–Crippen MR) is 122 cm³/mol. The molecule has 1 aromatic heterocycles. The van der Waals surface area contributed by atoms with E-state index in [-0.39, 0.29) is 12.1 Å². The average Bonchev–Trinajstić information content (AvgIpc) is 2.74. The van der Waals surface area contributed by atoms with Crippen molar-refractivity contribution in [2.45, 2.75) is 44.7 Å². The third-order valence-corrected chi connectivity index (χ3v) is 6.50. The molecule has 1 aliphatic carbocycles. The second-order valence-electron chi connectivity index (χ2n) is 7.46. The number of pyridine rings is 1. The van der Waals surface area contributed by atoms with Gasteiger partial charge in [0.25, 0.3) is 0 Å². The van der Waals surface area contributed by atoms with Crippen LogP contribution >= 0.6 is 27.5 Å². The number of para-hydroxylation sites is 2. The molecule has 150 valence electrons. The molecule has 6 heteroatoms. The number of aromatic nitrogens is 1. The Hall–Kier alpha value is -2.11. The zero-order chi connectivity index (χ0) is 20.2. The van der Waals surface area contributed by atoms with Crippen molar-refractivity contribution in [1.29, 1.82) is 0 Å². The molecule has 1 saturated carbocycles. The number of anilines is 1. The number of fused-ring (bicyclic) bond motifs is 1. The van der Waals surface area contributed by atoms with Crippen molar-refractivity contribution in [3.8, 4) is 0 Å². The van der Waals surface area contributed by atoms with Gasteiger partial charge in [-0.1, -0.05) is 61.2 Å². The second-order valence-corrected chi connectivity index (χ2v) is 8.67. The van der Waals surface area contributed by atoms with E-state index >= 15 is 0 Å².